The number of nitrogens with zero attached hydrogens (tertiary/aromatic N) is 3. The van der Waals surface area contributed by atoms with E-state index >= 15 is 0 Å². The van der Waals surface area contributed by atoms with Crippen LogP contribution in [0, 0.1) is 18.2 Å². The molecule has 0 spiro atoms. The van der Waals surface area contributed by atoms with Gasteiger partial charge in [0.2, 0.25) is 5.91 Å². The van der Waals surface area contributed by atoms with Gasteiger partial charge in [-0.25, -0.2) is 14.4 Å². The van der Waals surface area contributed by atoms with E-state index in [1.165, 1.54) is 13.2 Å². The standard InChI is InChI=1S/C26H32FN5O4/c1-15-29-20(12-22(30-15)25(34)28-14-17-5-6-19(27)23(11-17)35-4)21-13-24(36-32-21)26(3)9-7-18(8-10-26)31-16(2)33/h5-6,11-12,18,24H,7-10,13-14H2,1-4H3,(H,28,34)(H,31,33). The molecule has 36 heavy (non-hydrogen) atoms. The largest absolute Gasteiger partial charge is 0.494 e. The van der Waals surface area contributed by atoms with Gasteiger partial charge < -0.3 is 20.2 Å². The van der Waals surface area contributed by atoms with Crippen LogP contribution in [0.5, 0.6) is 5.75 Å². The lowest BCUT2D eigenvalue weighted by Gasteiger charge is -2.40. The number of oxime groups is 1. The molecule has 1 fully saturated rings. The number of amides is 2. The van der Waals surface area contributed by atoms with E-state index < -0.39 is 5.82 Å². The number of aryl methyl sites for hydroxylation is 1. The van der Waals surface area contributed by atoms with E-state index in [0.717, 1.165) is 25.7 Å². The number of methoxy groups -OCH3 is 1. The molecule has 2 aliphatic rings. The zero-order chi connectivity index (χ0) is 25.9. The smallest absolute Gasteiger partial charge is 0.270 e. The Balaban J connectivity index is 1.39. The van der Waals surface area contributed by atoms with E-state index in [2.05, 4.69) is 32.7 Å². The van der Waals surface area contributed by atoms with E-state index in [4.69, 9.17) is 9.57 Å². The van der Waals surface area contributed by atoms with Crippen molar-refractivity contribution in [1.29, 1.82) is 0 Å². The maximum Gasteiger partial charge on any atom is 0.270 e. The number of carbonyl (C=O) groups is 2. The normalized spacial score (nSPS) is 23.4. The van der Waals surface area contributed by atoms with Crippen molar-refractivity contribution in [2.24, 2.45) is 10.6 Å². The van der Waals surface area contributed by atoms with Gasteiger partial charge >= 0.3 is 0 Å². The predicted octanol–water partition coefficient (Wildman–Crippen LogP) is 3.44. The third-order valence-electron chi connectivity index (χ3n) is 7.02. The lowest BCUT2D eigenvalue weighted by Crippen LogP contribution is -2.43. The molecule has 2 aromatic rings. The highest BCUT2D eigenvalue weighted by atomic mass is 19.1. The van der Waals surface area contributed by atoms with Gasteiger partial charge in [-0.05, 0) is 56.4 Å². The third kappa shape index (κ3) is 5.80. The molecule has 1 saturated carbocycles. The minimum absolute atomic E-state index is 0.00250. The summed E-state index contributed by atoms with van der Waals surface area (Å²) in [6.07, 6.45) is 4.16. The molecule has 4 rings (SSSR count). The Morgan fingerprint density at radius 1 is 1.22 bits per heavy atom. The minimum Gasteiger partial charge on any atom is -0.494 e. The second-order valence-electron chi connectivity index (χ2n) is 9.80. The minimum atomic E-state index is -0.462. The van der Waals surface area contributed by atoms with E-state index in [-0.39, 0.29) is 47.4 Å². The van der Waals surface area contributed by atoms with Crippen molar-refractivity contribution < 1.29 is 23.6 Å². The van der Waals surface area contributed by atoms with Crippen LogP contribution in [0.2, 0.25) is 0 Å². The summed E-state index contributed by atoms with van der Waals surface area (Å²) >= 11 is 0. The molecule has 0 radical (unpaired) electrons. The summed E-state index contributed by atoms with van der Waals surface area (Å²) in [6, 6.07) is 6.26. The highest BCUT2D eigenvalue weighted by Crippen LogP contribution is 2.43. The van der Waals surface area contributed by atoms with E-state index in [0.29, 0.717) is 29.2 Å². The maximum atomic E-state index is 13.6. The molecule has 2 heterocycles. The van der Waals surface area contributed by atoms with Crippen LogP contribution in [-0.2, 0) is 16.2 Å². The van der Waals surface area contributed by atoms with Gasteiger partial charge in [-0.15, -0.1) is 0 Å². The number of carbonyl (C=O) groups excluding carboxylic acids is 2. The van der Waals surface area contributed by atoms with Crippen molar-refractivity contribution in [2.75, 3.05) is 7.11 Å². The van der Waals surface area contributed by atoms with Crippen molar-refractivity contribution in [3.05, 3.63) is 52.9 Å². The first kappa shape index (κ1) is 25.5. The third-order valence-corrected chi connectivity index (χ3v) is 7.02. The van der Waals surface area contributed by atoms with Gasteiger partial charge in [0.05, 0.1) is 12.8 Å². The van der Waals surface area contributed by atoms with Crippen LogP contribution in [-0.4, -0.2) is 46.7 Å². The Bertz CT molecular complexity index is 1180. The van der Waals surface area contributed by atoms with Gasteiger partial charge in [-0.3, -0.25) is 9.59 Å². The number of benzene rings is 1. The number of nitrogens with one attached hydrogen (secondary N) is 2. The zero-order valence-corrected chi connectivity index (χ0v) is 21.1. The fraction of sp³-hybridized carbons (Fsp3) is 0.500. The topological polar surface area (TPSA) is 115 Å². The summed E-state index contributed by atoms with van der Waals surface area (Å²) in [4.78, 5) is 38.8. The summed E-state index contributed by atoms with van der Waals surface area (Å²) in [5.41, 5.74) is 2.12. The van der Waals surface area contributed by atoms with Crippen LogP contribution in [0.25, 0.3) is 0 Å². The maximum absolute atomic E-state index is 13.6. The summed E-state index contributed by atoms with van der Waals surface area (Å²) in [6.45, 7) is 5.67. The SMILES string of the molecule is COc1cc(CNC(=O)c2cc(C3=NOC(C4(C)CCC(NC(C)=O)CC4)C3)nc(C)n2)ccc1F. The van der Waals surface area contributed by atoms with Crippen LogP contribution in [0.3, 0.4) is 0 Å². The van der Waals surface area contributed by atoms with Crippen molar-refractivity contribution in [3.8, 4) is 5.75 Å². The molecule has 1 aromatic heterocycles. The first-order chi connectivity index (χ1) is 17.2. The summed E-state index contributed by atoms with van der Waals surface area (Å²) in [5.74, 6) is -0.259. The monoisotopic (exact) mass is 497 g/mol. The fourth-order valence-corrected chi connectivity index (χ4v) is 4.85. The van der Waals surface area contributed by atoms with Gasteiger partial charge in [0.1, 0.15) is 23.3 Å². The van der Waals surface area contributed by atoms with Crippen molar-refractivity contribution in [2.45, 2.75) is 71.6 Å². The molecule has 192 valence electrons. The van der Waals surface area contributed by atoms with E-state index in [9.17, 15) is 14.0 Å². The average molecular weight is 498 g/mol. The first-order valence-electron chi connectivity index (χ1n) is 12.1. The molecule has 1 atom stereocenters. The van der Waals surface area contributed by atoms with Gasteiger partial charge in [-0.1, -0.05) is 18.1 Å². The lowest BCUT2D eigenvalue weighted by molar-refractivity contribution is -0.120. The Morgan fingerprint density at radius 3 is 2.67 bits per heavy atom. The van der Waals surface area contributed by atoms with Crippen LogP contribution < -0.4 is 15.4 Å². The zero-order valence-electron chi connectivity index (χ0n) is 21.1. The van der Waals surface area contributed by atoms with Gasteiger partial charge in [-0.2, -0.15) is 0 Å². The number of aromatic nitrogens is 2. The van der Waals surface area contributed by atoms with Crippen LogP contribution in [0.4, 0.5) is 4.39 Å². The Kier molecular flexibility index (Phi) is 7.51. The summed E-state index contributed by atoms with van der Waals surface area (Å²) in [7, 11) is 1.39. The summed E-state index contributed by atoms with van der Waals surface area (Å²) in [5, 5.41) is 10.1. The molecular formula is C26H32FN5O4. The molecule has 1 aliphatic carbocycles. The second-order valence-corrected chi connectivity index (χ2v) is 9.80. The van der Waals surface area contributed by atoms with Crippen LogP contribution >= 0.6 is 0 Å². The van der Waals surface area contributed by atoms with Crippen molar-refractivity contribution in [3.63, 3.8) is 0 Å². The van der Waals surface area contributed by atoms with Gasteiger partial charge in [0.15, 0.2) is 11.6 Å². The number of hydrogen-bond donors (Lipinski definition) is 2. The van der Waals surface area contributed by atoms with E-state index in [1.807, 2.05) is 0 Å². The highest BCUT2D eigenvalue weighted by molar-refractivity contribution is 6.02. The first-order valence-corrected chi connectivity index (χ1v) is 12.1. The lowest BCUT2D eigenvalue weighted by atomic mass is 9.69. The summed E-state index contributed by atoms with van der Waals surface area (Å²) < 4.78 is 18.6. The molecule has 1 aliphatic heterocycles. The number of rotatable bonds is 7. The fourth-order valence-electron chi connectivity index (χ4n) is 4.85. The van der Waals surface area contributed by atoms with Gasteiger partial charge in [0, 0.05) is 31.3 Å². The Labute approximate surface area is 209 Å². The highest BCUT2D eigenvalue weighted by Gasteiger charge is 2.43. The van der Waals surface area contributed by atoms with Crippen LogP contribution in [0.15, 0.2) is 29.4 Å². The molecule has 2 N–H and O–H groups in total. The Hall–Kier alpha value is -3.56. The molecule has 0 saturated heterocycles. The quantitative estimate of drug-likeness (QED) is 0.606. The molecular weight excluding hydrogens is 465 g/mol. The Morgan fingerprint density at radius 2 is 1.97 bits per heavy atom. The van der Waals surface area contributed by atoms with Crippen LogP contribution in [0.1, 0.15) is 73.5 Å². The van der Waals surface area contributed by atoms with Gasteiger partial charge in [0.25, 0.3) is 5.91 Å². The molecule has 1 unspecified atom stereocenters. The second kappa shape index (κ2) is 10.6. The van der Waals surface area contributed by atoms with E-state index in [1.54, 1.807) is 32.0 Å². The molecule has 2 amide bonds. The van der Waals surface area contributed by atoms with Crippen molar-refractivity contribution in [1.82, 2.24) is 20.6 Å². The molecule has 10 heteroatoms. The van der Waals surface area contributed by atoms with Crippen molar-refractivity contribution >= 4 is 17.5 Å². The number of halogens is 1. The molecule has 9 nitrogen and oxygen atoms in total. The number of hydrogen-bond acceptors (Lipinski definition) is 7. The average Bonchev–Trinajstić information content (AvgIpc) is 3.36. The molecule has 1 aromatic carbocycles. The molecule has 0 bridgehead atoms. The number of ether oxygens (including phenoxy) is 1. The predicted molar refractivity (Wildman–Crippen MR) is 131 cm³/mol.